The molecule has 1 aliphatic rings. The summed E-state index contributed by atoms with van der Waals surface area (Å²) in [5.74, 6) is 0.121. The van der Waals surface area contributed by atoms with Gasteiger partial charge in [0.05, 0.1) is 0 Å². The highest BCUT2D eigenvalue weighted by Gasteiger charge is 2.24. The maximum absolute atomic E-state index is 11.8. The van der Waals surface area contributed by atoms with E-state index in [1.165, 1.54) is 5.56 Å². The van der Waals surface area contributed by atoms with E-state index in [1.807, 2.05) is 18.2 Å². The lowest BCUT2D eigenvalue weighted by molar-refractivity contribution is -0.121. The molecule has 3 N–H and O–H groups in total. The van der Waals surface area contributed by atoms with Crippen LogP contribution < -0.4 is 11.1 Å². The highest BCUT2D eigenvalue weighted by atomic mass is 16.1. The fraction of sp³-hybridized carbons (Fsp3) is 0.500. The van der Waals surface area contributed by atoms with Crippen LogP contribution in [0.2, 0.25) is 0 Å². The third-order valence-electron chi connectivity index (χ3n) is 3.40. The molecule has 1 aliphatic carbocycles. The summed E-state index contributed by atoms with van der Waals surface area (Å²) >= 11 is 0. The van der Waals surface area contributed by atoms with Crippen LogP contribution in [-0.2, 0) is 11.2 Å². The Labute approximate surface area is 102 Å². The number of hydrogen-bond acceptors (Lipinski definition) is 2. The molecule has 1 aromatic rings. The first-order valence-electron chi connectivity index (χ1n) is 6.34. The lowest BCUT2D eigenvalue weighted by Gasteiger charge is -2.17. The second-order valence-electron chi connectivity index (χ2n) is 4.75. The summed E-state index contributed by atoms with van der Waals surface area (Å²) in [4.78, 5) is 11.8. The van der Waals surface area contributed by atoms with Crippen molar-refractivity contribution >= 4 is 5.91 Å². The van der Waals surface area contributed by atoms with E-state index in [4.69, 9.17) is 5.73 Å². The van der Waals surface area contributed by atoms with Crippen LogP contribution >= 0.6 is 0 Å². The Balaban J connectivity index is 1.74. The maximum Gasteiger partial charge on any atom is 0.220 e. The molecule has 0 spiro atoms. The van der Waals surface area contributed by atoms with Crippen LogP contribution in [0.4, 0.5) is 0 Å². The van der Waals surface area contributed by atoms with Crippen LogP contribution in [0, 0.1) is 0 Å². The number of carbonyl (C=O) groups excluding carboxylic acids is 1. The quantitative estimate of drug-likeness (QED) is 0.828. The number of nitrogens with two attached hydrogens (primary N) is 1. The van der Waals surface area contributed by atoms with Gasteiger partial charge in [-0.25, -0.2) is 0 Å². The first kappa shape index (κ1) is 12.1. The zero-order valence-electron chi connectivity index (χ0n) is 10.1. The Morgan fingerprint density at radius 3 is 2.71 bits per heavy atom. The molecule has 0 bridgehead atoms. The lowest BCUT2D eigenvalue weighted by atomic mass is 10.1. The normalized spacial score (nSPS) is 23.6. The van der Waals surface area contributed by atoms with E-state index in [2.05, 4.69) is 17.4 Å². The van der Waals surface area contributed by atoms with Crippen LogP contribution in [0.3, 0.4) is 0 Å². The van der Waals surface area contributed by atoms with E-state index in [0.29, 0.717) is 6.42 Å². The van der Waals surface area contributed by atoms with E-state index in [-0.39, 0.29) is 18.0 Å². The fourth-order valence-corrected chi connectivity index (χ4v) is 2.35. The van der Waals surface area contributed by atoms with Gasteiger partial charge in [-0.2, -0.15) is 0 Å². The Hall–Kier alpha value is -1.35. The number of hydrogen-bond donors (Lipinski definition) is 2. The third kappa shape index (κ3) is 3.56. The van der Waals surface area contributed by atoms with Crippen LogP contribution in [0.1, 0.15) is 31.2 Å². The van der Waals surface area contributed by atoms with Crippen molar-refractivity contribution in [1.82, 2.24) is 5.32 Å². The van der Waals surface area contributed by atoms with Crippen LogP contribution in [0.15, 0.2) is 30.3 Å². The zero-order chi connectivity index (χ0) is 12.1. The summed E-state index contributed by atoms with van der Waals surface area (Å²) in [5.41, 5.74) is 7.13. The maximum atomic E-state index is 11.8. The molecule has 1 amide bonds. The second-order valence-corrected chi connectivity index (χ2v) is 4.75. The van der Waals surface area contributed by atoms with Gasteiger partial charge in [0.1, 0.15) is 0 Å². The minimum absolute atomic E-state index is 0.121. The average Bonchev–Trinajstić information content (AvgIpc) is 2.74. The van der Waals surface area contributed by atoms with Crippen molar-refractivity contribution in [3.8, 4) is 0 Å². The molecule has 0 aliphatic heterocycles. The summed E-state index contributed by atoms with van der Waals surface area (Å²) in [6, 6.07) is 10.4. The minimum atomic E-state index is 0.121. The van der Waals surface area contributed by atoms with E-state index < -0.39 is 0 Å². The summed E-state index contributed by atoms with van der Waals surface area (Å²) in [5, 5.41) is 3.03. The summed E-state index contributed by atoms with van der Waals surface area (Å²) in [6.45, 7) is 0. The van der Waals surface area contributed by atoms with E-state index in [1.54, 1.807) is 0 Å². The van der Waals surface area contributed by atoms with Gasteiger partial charge in [0.2, 0.25) is 5.91 Å². The molecule has 0 aromatic heterocycles. The standard InChI is InChI=1S/C14H20N2O/c15-12-7-4-8-13(12)16-14(17)10-9-11-5-2-1-3-6-11/h1-3,5-6,12-13H,4,7-10,15H2,(H,16,17). The molecular formula is C14H20N2O. The van der Waals surface area contributed by atoms with Crippen LogP contribution in [0.5, 0.6) is 0 Å². The first-order chi connectivity index (χ1) is 8.25. The van der Waals surface area contributed by atoms with E-state index >= 15 is 0 Å². The number of benzene rings is 1. The number of amides is 1. The van der Waals surface area contributed by atoms with Crippen molar-refractivity contribution in [1.29, 1.82) is 0 Å². The molecule has 0 radical (unpaired) electrons. The van der Waals surface area contributed by atoms with Gasteiger partial charge in [0.15, 0.2) is 0 Å². The lowest BCUT2D eigenvalue weighted by Crippen LogP contribution is -2.44. The largest absolute Gasteiger partial charge is 0.352 e. The van der Waals surface area contributed by atoms with Gasteiger partial charge >= 0.3 is 0 Å². The van der Waals surface area contributed by atoms with Crippen molar-refractivity contribution in [2.45, 2.75) is 44.2 Å². The Kier molecular flexibility index (Phi) is 4.15. The average molecular weight is 232 g/mol. The number of carbonyl (C=O) groups is 1. The van der Waals surface area contributed by atoms with Gasteiger partial charge in [-0.15, -0.1) is 0 Å². The van der Waals surface area contributed by atoms with Crippen molar-refractivity contribution in [3.63, 3.8) is 0 Å². The number of nitrogens with one attached hydrogen (secondary N) is 1. The van der Waals surface area contributed by atoms with Crippen molar-refractivity contribution in [2.75, 3.05) is 0 Å². The Bertz CT molecular complexity index is 364. The van der Waals surface area contributed by atoms with E-state index in [9.17, 15) is 4.79 Å². The summed E-state index contributed by atoms with van der Waals surface area (Å²) < 4.78 is 0. The van der Waals surface area contributed by atoms with Gasteiger partial charge in [0, 0.05) is 18.5 Å². The SMILES string of the molecule is NC1CCCC1NC(=O)CCc1ccccc1. The molecule has 2 rings (SSSR count). The molecule has 0 saturated heterocycles. The molecule has 3 heteroatoms. The van der Waals surface area contributed by atoms with Gasteiger partial charge in [-0.1, -0.05) is 30.3 Å². The molecule has 3 nitrogen and oxygen atoms in total. The van der Waals surface area contributed by atoms with Gasteiger partial charge in [0.25, 0.3) is 0 Å². The number of rotatable bonds is 4. The smallest absolute Gasteiger partial charge is 0.220 e. The number of aryl methyl sites for hydroxylation is 1. The molecule has 1 saturated carbocycles. The molecule has 1 aromatic carbocycles. The van der Waals surface area contributed by atoms with E-state index in [0.717, 1.165) is 25.7 Å². The van der Waals surface area contributed by atoms with Gasteiger partial charge < -0.3 is 11.1 Å². The highest BCUT2D eigenvalue weighted by Crippen LogP contribution is 2.17. The fourth-order valence-electron chi connectivity index (χ4n) is 2.35. The molecule has 0 heterocycles. The van der Waals surface area contributed by atoms with Gasteiger partial charge in [-0.05, 0) is 31.2 Å². The summed E-state index contributed by atoms with van der Waals surface area (Å²) in [6.07, 6.45) is 4.54. The van der Waals surface area contributed by atoms with Crippen molar-refractivity contribution in [3.05, 3.63) is 35.9 Å². The third-order valence-corrected chi connectivity index (χ3v) is 3.40. The Morgan fingerprint density at radius 1 is 1.29 bits per heavy atom. The monoisotopic (exact) mass is 232 g/mol. The second kappa shape index (κ2) is 5.82. The predicted octanol–water partition coefficient (Wildman–Crippen LogP) is 1.62. The summed E-state index contributed by atoms with van der Waals surface area (Å²) in [7, 11) is 0. The molecule has 2 unspecified atom stereocenters. The predicted molar refractivity (Wildman–Crippen MR) is 68.5 cm³/mol. The molecule has 17 heavy (non-hydrogen) atoms. The molecule has 92 valence electrons. The van der Waals surface area contributed by atoms with Crippen molar-refractivity contribution < 1.29 is 4.79 Å². The van der Waals surface area contributed by atoms with Crippen LogP contribution in [0.25, 0.3) is 0 Å². The Morgan fingerprint density at radius 2 is 2.06 bits per heavy atom. The van der Waals surface area contributed by atoms with Gasteiger partial charge in [-0.3, -0.25) is 4.79 Å². The molecule has 2 atom stereocenters. The van der Waals surface area contributed by atoms with Crippen molar-refractivity contribution in [2.24, 2.45) is 5.73 Å². The first-order valence-corrected chi connectivity index (χ1v) is 6.34. The molecule has 1 fully saturated rings. The van der Waals surface area contributed by atoms with Crippen LogP contribution in [-0.4, -0.2) is 18.0 Å². The zero-order valence-corrected chi connectivity index (χ0v) is 10.1. The minimum Gasteiger partial charge on any atom is -0.352 e. The molecular weight excluding hydrogens is 212 g/mol. The highest BCUT2D eigenvalue weighted by molar-refractivity contribution is 5.76. The topological polar surface area (TPSA) is 55.1 Å².